The molecule has 24 heavy (non-hydrogen) atoms. The molecular weight excluding hydrogens is 309 g/mol. The van der Waals surface area contributed by atoms with Crippen molar-refractivity contribution in [3.63, 3.8) is 0 Å². The maximum atomic E-state index is 13.9. The van der Waals surface area contributed by atoms with Crippen LogP contribution in [0.15, 0.2) is 30.7 Å². The minimum absolute atomic E-state index is 0.147. The molecule has 0 aliphatic carbocycles. The Kier molecular flexibility index (Phi) is 5.08. The molecule has 0 bridgehead atoms. The molecule has 6 nitrogen and oxygen atoms in total. The van der Waals surface area contributed by atoms with Crippen molar-refractivity contribution in [1.29, 1.82) is 0 Å². The van der Waals surface area contributed by atoms with Gasteiger partial charge in [0, 0.05) is 57.7 Å². The minimum Gasteiger partial charge on any atom is -0.367 e. The zero-order chi connectivity index (χ0) is 16.9. The summed E-state index contributed by atoms with van der Waals surface area (Å²) in [7, 11) is 1.88. The van der Waals surface area contributed by atoms with E-state index in [2.05, 4.69) is 10.1 Å². The number of aromatic nitrogens is 3. The van der Waals surface area contributed by atoms with Crippen LogP contribution in [0.5, 0.6) is 0 Å². The predicted molar refractivity (Wildman–Crippen MR) is 89.1 cm³/mol. The summed E-state index contributed by atoms with van der Waals surface area (Å²) >= 11 is 0. The smallest absolute Gasteiger partial charge is 0.223 e. The predicted octanol–water partition coefficient (Wildman–Crippen LogP) is 1.63. The van der Waals surface area contributed by atoms with Crippen molar-refractivity contribution >= 4 is 11.6 Å². The van der Waals surface area contributed by atoms with E-state index in [4.69, 9.17) is 0 Å². The molecule has 3 rings (SSSR count). The number of carbonyl (C=O) groups excluding carboxylic acids is 1. The van der Waals surface area contributed by atoms with Crippen LogP contribution in [0.2, 0.25) is 0 Å². The molecule has 1 fully saturated rings. The summed E-state index contributed by atoms with van der Waals surface area (Å²) in [6, 6.07) is 3.62. The maximum absolute atomic E-state index is 13.9. The second-order valence-corrected chi connectivity index (χ2v) is 5.99. The van der Waals surface area contributed by atoms with Gasteiger partial charge < -0.3 is 9.80 Å². The molecule has 0 spiro atoms. The summed E-state index contributed by atoms with van der Waals surface area (Å²) in [6.45, 7) is 2.71. The Bertz CT molecular complexity index is 702. The summed E-state index contributed by atoms with van der Waals surface area (Å²) in [6.07, 6.45) is 6.57. The van der Waals surface area contributed by atoms with E-state index in [1.54, 1.807) is 23.1 Å². The fraction of sp³-hybridized carbons (Fsp3) is 0.471. The van der Waals surface area contributed by atoms with Crippen LogP contribution in [0.3, 0.4) is 0 Å². The number of aryl methyl sites for hydroxylation is 2. The fourth-order valence-corrected chi connectivity index (χ4v) is 3.07. The van der Waals surface area contributed by atoms with E-state index in [0.717, 1.165) is 18.7 Å². The van der Waals surface area contributed by atoms with E-state index in [1.165, 1.54) is 6.20 Å². The molecule has 128 valence electrons. The normalized spacial score (nSPS) is 15.4. The molecule has 0 N–H and O–H groups in total. The number of rotatable bonds is 4. The van der Waals surface area contributed by atoms with Gasteiger partial charge in [0.25, 0.3) is 0 Å². The first-order valence-corrected chi connectivity index (χ1v) is 8.24. The Morgan fingerprint density at radius 2 is 2.08 bits per heavy atom. The van der Waals surface area contributed by atoms with Gasteiger partial charge in [-0.3, -0.25) is 14.5 Å². The zero-order valence-electron chi connectivity index (χ0n) is 13.9. The number of hydrogen-bond acceptors (Lipinski definition) is 4. The second-order valence-electron chi connectivity index (χ2n) is 5.99. The van der Waals surface area contributed by atoms with Crippen LogP contribution in [0.25, 0.3) is 0 Å². The monoisotopic (exact) mass is 331 g/mol. The van der Waals surface area contributed by atoms with E-state index >= 15 is 0 Å². The Morgan fingerprint density at radius 3 is 2.83 bits per heavy atom. The quantitative estimate of drug-likeness (QED) is 0.854. The van der Waals surface area contributed by atoms with Gasteiger partial charge in [0.2, 0.25) is 5.91 Å². The van der Waals surface area contributed by atoms with Crippen LogP contribution >= 0.6 is 0 Å². The average molecular weight is 331 g/mol. The molecular formula is C17H22FN5O. The molecule has 1 aliphatic rings. The highest BCUT2D eigenvalue weighted by atomic mass is 19.1. The molecule has 2 aromatic rings. The van der Waals surface area contributed by atoms with Gasteiger partial charge in [-0.15, -0.1) is 0 Å². The number of amides is 1. The van der Waals surface area contributed by atoms with E-state index in [-0.39, 0.29) is 11.7 Å². The van der Waals surface area contributed by atoms with Crippen LogP contribution in [0, 0.1) is 5.82 Å². The maximum Gasteiger partial charge on any atom is 0.223 e. The first kappa shape index (κ1) is 16.4. The number of halogens is 1. The van der Waals surface area contributed by atoms with E-state index in [1.807, 2.05) is 22.9 Å². The van der Waals surface area contributed by atoms with Gasteiger partial charge in [0.1, 0.15) is 0 Å². The lowest BCUT2D eigenvalue weighted by atomic mass is 10.2. The average Bonchev–Trinajstić information content (AvgIpc) is 2.84. The SMILES string of the molecule is Cn1nccc1CCC(=O)N1CCCN(c2ccncc2F)CC1. The first-order valence-electron chi connectivity index (χ1n) is 8.24. The number of nitrogens with zero attached hydrogens (tertiary/aromatic N) is 5. The summed E-state index contributed by atoms with van der Waals surface area (Å²) in [5.41, 5.74) is 1.62. The Balaban J connectivity index is 1.56. The van der Waals surface area contributed by atoms with Crippen LogP contribution in [0.1, 0.15) is 18.5 Å². The van der Waals surface area contributed by atoms with E-state index in [9.17, 15) is 9.18 Å². The molecule has 3 heterocycles. The Labute approximate surface area is 140 Å². The van der Waals surface area contributed by atoms with Gasteiger partial charge in [-0.25, -0.2) is 4.39 Å². The van der Waals surface area contributed by atoms with Crippen molar-refractivity contribution in [2.75, 3.05) is 31.1 Å². The van der Waals surface area contributed by atoms with E-state index in [0.29, 0.717) is 38.2 Å². The molecule has 1 amide bonds. The van der Waals surface area contributed by atoms with Gasteiger partial charge in [-0.05, 0) is 25.0 Å². The Morgan fingerprint density at radius 1 is 1.21 bits per heavy atom. The van der Waals surface area contributed by atoms with Crippen molar-refractivity contribution in [3.8, 4) is 0 Å². The van der Waals surface area contributed by atoms with Crippen LogP contribution < -0.4 is 4.90 Å². The van der Waals surface area contributed by atoms with Crippen molar-refractivity contribution < 1.29 is 9.18 Å². The van der Waals surface area contributed by atoms with Crippen molar-refractivity contribution in [2.24, 2.45) is 7.05 Å². The highest BCUT2D eigenvalue weighted by molar-refractivity contribution is 5.76. The summed E-state index contributed by atoms with van der Waals surface area (Å²) in [5.74, 6) is -0.165. The van der Waals surface area contributed by atoms with Gasteiger partial charge in [0.15, 0.2) is 5.82 Å². The number of hydrogen-bond donors (Lipinski definition) is 0. The first-order chi connectivity index (χ1) is 11.6. The Hall–Kier alpha value is -2.44. The summed E-state index contributed by atoms with van der Waals surface area (Å²) < 4.78 is 15.7. The summed E-state index contributed by atoms with van der Waals surface area (Å²) in [4.78, 5) is 20.1. The fourth-order valence-electron chi connectivity index (χ4n) is 3.07. The van der Waals surface area contributed by atoms with Crippen LogP contribution in [0.4, 0.5) is 10.1 Å². The molecule has 2 aromatic heterocycles. The highest BCUT2D eigenvalue weighted by Gasteiger charge is 2.20. The third-order valence-electron chi connectivity index (χ3n) is 4.46. The van der Waals surface area contributed by atoms with Crippen molar-refractivity contribution in [2.45, 2.75) is 19.3 Å². The number of carbonyl (C=O) groups is 1. The lowest BCUT2D eigenvalue weighted by molar-refractivity contribution is -0.130. The third-order valence-corrected chi connectivity index (χ3v) is 4.46. The van der Waals surface area contributed by atoms with Gasteiger partial charge in [-0.1, -0.05) is 0 Å². The molecule has 0 aromatic carbocycles. The van der Waals surface area contributed by atoms with Gasteiger partial charge in [0.05, 0.1) is 11.9 Å². The summed E-state index contributed by atoms with van der Waals surface area (Å²) in [5, 5.41) is 4.12. The molecule has 0 atom stereocenters. The standard InChI is InChI=1S/C17H22FN5O/c1-21-14(5-8-20-21)3-4-17(24)23-10-2-9-22(11-12-23)16-6-7-19-13-15(16)18/h5-8,13H,2-4,9-12H2,1H3. The number of anilines is 1. The third kappa shape index (κ3) is 3.72. The second kappa shape index (κ2) is 7.42. The zero-order valence-corrected chi connectivity index (χ0v) is 13.9. The molecule has 0 radical (unpaired) electrons. The van der Waals surface area contributed by atoms with Crippen LogP contribution in [-0.4, -0.2) is 51.8 Å². The lowest BCUT2D eigenvalue weighted by Gasteiger charge is -2.24. The molecule has 0 saturated carbocycles. The molecule has 7 heteroatoms. The van der Waals surface area contributed by atoms with Crippen molar-refractivity contribution in [3.05, 3.63) is 42.2 Å². The largest absolute Gasteiger partial charge is 0.367 e. The highest BCUT2D eigenvalue weighted by Crippen LogP contribution is 2.19. The van der Waals surface area contributed by atoms with Crippen molar-refractivity contribution in [1.82, 2.24) is 19.7 Å². The molecule has 0 unspecified atom stereocenters. The minimum atomic E-state index is -0.312. The molecule has 1 aliphatic heterocycles. The number of pyridine rings is 1. The van der Waals surface area contributed by atoms with Crippen LogP contribution in [-0.2, 0) is 18.3 Å². The van der Waals surface area contributed by atoms with E-state index < -0.39 is 0 Å². The lowest BCUT2D eigenvalue weighted by Crippen LogP contribution is -2.35. The van der Waals surface area contributed by atoms with Gasteiger partial charge >= 0.3 is 0 Å². The topological polar surface area (TPSA) is 54.3 Å². The molecule has 1 saturated heterocycles. The van der Waals surface area contributed by atoms with Gasteiger partial charge in [-0.2, -0.15) is 5.10 Å².